The second-order valence-electron chi connectivity index (χ2n) is 3.53. The Balaban J connectivity index is 2.51. The zero-order valence-corrected chi connectivity index (χ0v) is 9.01. The summed E-state index contributed by atoms with van der Waals surface area (Å²) in [6.45, 7) is -1.22. The number of hydrogen-bond acceptors (Lipinski definition) is 2. The predicted octanol–water partition coefficient (Wildman–Crippen LogP) is 2.56. The van der Waals surface area contributed by atoms with Crippen molar-refractivity contribution in [1.29, 1.82) is 0 Å². The van der Waals surface area contributed by atoms with Gasteiger partial charge in [0.15, 0.2) is 0 Å². The van der Waals surface area contributed by atoms with Crippen molar-refractivity contribution in [2.75, 3.05) is 6.61 Å². The van der Waals surface area contributed by atoms with Crippen LogP contribution in [0.15, 0.2) is 24.3 Å². The van der Waals surface area contributed by atoms with Crippen LogP contribution in [-0.2, 0) is 17.9 Å². The third-order valence-electron chi connectivity index (χ3n) is 2.21. The fraction of sp³-hybridized carbons (Fsp3) is 0.455. The average molecular weight is 251 g/mol. The van der Waals surface area contributed by atoms with E-state index in [2.05, 4.69) is 4.74 Å². The summed E-state index contributed by atoms with van der Waals surface area (Å²) in [6, 6.07) is 6.83. The molecular weight excluding hydrogens is 238 g/mol. The van der Waals surface area contributed by atoms with E-state index in [1.165, 1.54) is 0 Å². The Morgan fingerprint density at radius 3 is 2.29 bits per heavy atom. The number of rotatable bonds is 6. The molecule has 0 atom stereocenters. The van der Waals surface area contributed by atoms with E-state index in [0.29, 0.717) is 5.56 Å². The van der Waals surface area contributed by atoms with Crippen LogP contribution in [0.5, 0.6) is 0 Å². The molecule has 17 heavy (non-hydrogen) atoms. The van der Waals surface area contributed by atoms with Crippen LogP contribution in [0.25, 0.3) is 0 Å². The van der Waals surface area contributed by atoms with Crippen molar-refractivity contribution in [3.8, 4) is 0 Å². The maximum absolute atomic E-state index is 12.5. The van der Waals surface area contributed by atoms with Gasteiger partial charge in [-0.1, -0.05) is 24.3 Å². The van der Waals surface area contributed by atoms with Gasteiger partial charge in [-0.2, -0.15) is 8.78 Å². The highest BCUT2D eigenvalue weighted by Crippen LogP contribution is 2.23. The molecule has 0 saturated carbocycles. The van der Waals surface area contributed by atoms with E-state index >= 15 is 0 Å². The minimum absolute atomic E-state index is 0.157. The van der Waals surface area contributed by atoms with E-state index in [1.807, 2.05) is 0 Å². The quantitative estimate of drug-likeness (QED) is 0.788. The van der Waals surface area contributed by atoms with Crippen molar-refractivity contribution in [2.45, 2.75) is 25.5 Å². The van der Waals surface area contributed by atoms with E-state index in [4.69, 9.17) is 5.73 Å². The van der Waals surface area contributed by atoms with E-state index < -0.39 is 19.0 Å². The summed E-state index contributed by atoms with van der Waals surface area (Å²) in [4.78, 5) is 0. The Bertz CT molecular complexity index is 357. The van der Waals surface area contributed by atoms with Gasteiger partial charge in [0.25, 0.3) is 0 Å². The van der Waals surface area contributed by atoms with Crippen LogP contribution in [0.2, 0.25) is 0 Å². The van der Waals surface area contributed by atoms with E-state index in [-0.39, 0.29) is 13.2 Å². The molecule has 0 aliphatic heterocycles. The van der Waals surface area contributed by atoms with E-state index in [0.717, 1.165) is 5.56 Å². The SMILES string of the molecule is NCc1ccccc1COCC(F)(F)C(F)F. The lowest BCUT2D eigenvalue weighted by atomic mass is 10.1. The lowest BCUT2D eigenvalue weighted by Crippen LogP contribution is -2.32. The number of hydrogen-bond donors (Lipinski definition) is 1. The molecule has 0 radical (unpaired) electrons. The molecule has 2 nitrogen and oxygen atoms in total. The van der Waals surface area contributed by atoms with Crippen LogP contribution in [0.4, 0.5) is 17.6 Å². The molecule has 1 aromatic carbocycles. The van der Waals surface area contributed by atoms with Crippen LogP contribution >= 0.6 is 0 Å². The minimum Gasteiger partial charge on any atom is -0.370 e. The molecule has 0 fully saturated rings. The fourth-order valence-corrected chi connectivity index (χ4v) is 1.26. The van der Waals surface area contributed by atoms with Crippen molar-refractivity contribution in [3.63, 3.8) is 0 Å². The number of ether oxygens (including phenoxy) is 1. The zero-order valence-electron chi connectivity index (χ0n) is 9.01. The van der Waals surface area contributed by atoms with Gasteiger partial charge >= 0.3 is 12.3 Å². The van der Waals surface area contributed by atoms with Crippen molar-refractivity contribution >= 4 is 0 Å². The molecule has 0 aliphatic carbocycles. The summed E-state index contributed by atoms with van der Waals surface area (Å²) in [5.41, 5.74) is 6.80. The molecule has 0 saturated heterocycles. The molecule has 0 heterocycles. The lowest BCUT2D eigenvalue weighted by Gasteiger charge is -2.15. The largest absolute Gasteiger partial charge is 0.370 e. The molecule has 0 aromatic heterocycles. The van der Waals surface area contributed by atoms with Crippen molar-refractivity contribution in [1.82, 2.24) is 0 Å². The van der Waals surface area contributed by atoms with Gasteiger partial charge in [-0.05, 0) is 11.1 Å². The number of alkyl halides is 4. The Labute approximate surface area is 96.4 Å². The second-order valence-corrected chi connectivity index (χ2v) is 3.53. The normalized spacial score (nSPS) is 12.1. The highest BCUT2D eigenvalue weighted by molar-refractivity contribution is 5.26. The van der Waals surface area contributed by atoms with Gasteiger partial charge < -0.3 is 10.5 Å². The lowest BCUT2D eigenvalue weighted by molar-refractivity contribution is -0.168. The first-order valence-corrected chi connectivity index (χ1v) is 4.98. The van der Waals surface area contributed by atoms with Crippen molar-refractivity contribution in [2.24, 2.45) is 5.73 Å². The maximum Gasteiger partial charge on any atom is 0.330 e. The molecule has 0 spiro atoms. The molecule has 1 rings (SSSR count). The molecule has 0 amide bonds. The highest BCUT2D eigenvalue weighted by Gasteiger charge is 2.40. The molecular formula is C11H13F4NO. The third kappa shape index (κ3) is 3.98. The maximum atomic E-state index is 12.5. The van der Waals surface area contributed by atoms with Crippen molar-refractivity contribution < 1.29 is 22.3 Å². The van der Waals surface area contributed by atoms with Gasteiger partial charge in [-0.15, -0.1) is 0 Å². The topological polar surface area (TPSA) is 35.2 Å². The number of benzene rings is 1. The van der Waals surface area contributed by atoms with Crippen LogP contribution in [0.1, 0.15) is 11.1 Å². The van der Waals surface area contributed by atoms with Crippen LogP contribution in [0.3, 0.4) is 0 Å². The van der Waals surface area contributed by atoms with E-state index in [9.17, 15) is 17.6 Å². The Morgan fingerprint density at radius 2 is 1.76 bits per heavy atom. The fourth-order valence-electron chi connectivity index (χ4n) is 1.26. The monoisotopic (exact) mass is 251 g/mol. The standard InChI is InChI=1S/C11H13F4NO/c12-10(13)11(14,15)7-17-6-9-4-2-1-3-8(9)5-16/h1-4,10H,5-7,16H2. The molecule has 6 heteroatoms. The van der Waals surface area contributed by atoms with Gasteiger partial charge in [-0.3, -0.25) is 0 Å². The summed E-state index contributed by atoms with van der Waals surface area (Å²) in [5.74, 6) is -4.11. The zero-order chi connectivity index (χ0) is 12.9. The summed E-state index contributed by atoms with van der Waals surface area (Å²) >= 11 is 0. The second kappa shape index (κ2) is 5.97. The summed E-state index contributed by atoms with van der Waals surface area (Å²) in [6.07, 6.45) is -3.72. The molecule has 2 N–H and O–H groups in total. The smallest absolute Gasteiger partial charge is 0.330 e. The van der Waals surface area contributed by atoms with Crippen molar-refractivity contribution in [3.05, 3.63) is 35.4 Å². The Kier molecular flexibility index (Phi) is 4.89. The number of nitrogens with two attached hydrogens (primary N) is 1. The molecule has 1 aromatic rings. The van der Waals surface area contributed by atoms with Gasteiger partial charge in [0.1, 0.15) is 6.61 Å². The van der Waals surface area contributed by atoms with Crippen LogP contribution < -0.4 is 5.73 Å². The first kappa shape index (κ1) is 13.9. The van der Waals surface area contributed by atoms with Gasteiger partial charge in [0, 0.05) is 6.54 Å². The van der Waals surface area contributed by atoms with E-state index in [1.54, 1.807) is 24.3 Å². The predicted molar refractivity (Wildman–Crippen MR) is 54.9 cm³/mol. The van der Waals surface area contributed by atoms with Gasteiger partial charge in [-0.25, -0.2) is 8.78 Å². The third-order valence-corrected chi connectivity index (χ3v) is 2.21. The average Bonchev–Trinajstić information content (AvgIpc) is 2.29. The van der Waals surface area contributed by atoms with Crippen LogP contribution in [0, 0.1) is 0 Å². The molecule has 0 unspecified atom stereocenters. The first-order chi connectivity index (χ1) is 7.97. The first-order valence-electron chi connectivity index (χ1n) is 4.98. The van der Waals surface area contributed by atoms with Gasteiger partial charge in [0.05, 0.1) is 6.61 Å². The van der Waals surface area contributed by atoms with Gasteiger partial charge in [0.2, 0.25) is 0 Å². The summed E-state index contributed by atoms with van der Waals surface area (Å²) in [5, 5.41) is 0. The molecule has 0 bridgehead atoms. The number of halogens is 4. The van der Waals surface area contributed by atoms with Crippen LogP contribution in [-0.4, -0.2) is 19.0 Å². The highest BCUT2D eigenvalue weighted by atomic mass is 19.3. The summed E-state index contributed by atoms with van der Waals surface area (Å²) in [7, 11) is 0. The summed E-state index contributed by atoms with van der Waals surface area (Å²) < 4.78 is 53.3. The minimum atomic E-state index is -4.11. The molecule has 0 aliphatic rings. The Hall–Kier alpha value is -1.14. The molecule has 96 valence electrons. The Morgan fingerprint density at radius 1 is 1.18 bits per heavy atom.